The van der Waals surface area contributed by atoms with Gasteiger partial charge in [0.15, 0.2) is 0 Å². The molecule has 3 rings (SSSR count). The molecule has 0 aliphatic carbocycles. The summed E-state index contributed by atoms with van der Waals surface area (Å²) in [5.74, 6) is 1.26. The highest BCUT2D eigenvalue weighted by molar-refractivity contribution is 7.88. The molecule has 1 aliphatic heterocycles. The zero-order valence-electron chi connectivity index (χ0n) is 11.9. The van der Waals surface area contributed by atoms with Crippen LogP contribution in [0.25, 0.3) is 0 Å². The van der Waals surface area contributed by atoms with E-state index in [4.69, 9.17) is 4.42 Å². The maximum atomic E-state index is 11.8. The van der Waals surface area contributed by atoms with Gasteiger partial charge in [0.25, 0.3) is 0 Å². The lowest BCUT2D eigenvalue weighted by molar-refractivity contribution is 0.323. The van der Waals surface area contributed by atoms with E-state index in [0.717, 1.165) is 24.2 Å². The molecule has 112 valence electrons. The van der Waals surface area contributed by atoms with Crippen LogP contribution in [-0.2, 0) is 16.4 Å². The third-order valence-electron chi connectivity index (χ3n) is 3.71. The van der Waals surface area contributed by atoms with Crippen LogP contribution in [-0.4, -0.2) is 30.5 Å². The minimum absolute atomic E-state index is 0.260. The highest BCUT2D eigenvalue weighted by Gasteiger charge is 2.35. The summed E-state index contributed by atoms with van der Waals surface area (Å²) in [6, 6.07) is 9.73. The van der Waals surface area contributed by atoms with Gasteiger partial charge in [0, 0.05) is 13.0 Å². The Morgan fingerprint density at radius 2 is 2.10 bits per heavy atom. The van der Waals surface area contributed by atoms with Gasteiger partial charge in [-0.15, -0.1) is 0 Å². The summed E-state index contributed by atoms with van der Waals surface area (Å²) in [4.78, 5) is 4.29. The fraction of sp³-hybridized carbons (Fsp3) is 0.400. The van der Waals surface area contributed by atoms with Crippen LogP contribution in [0.4, 0.5) is 0 Å². The van der Waals surface area contributed by atoms with E-state index in [0.29, 0.717) is 18.9 Å². The molecule has 0 bridgehead atoms. The number of sulfonamides is 1. The Kier molecular flexibility index (Phi) is 3.82. The predicted molar refractivity (Wildman–Crippen MR) is 79.3 cm³/mol. The first kappa shape index (κ1) is 14.3. The molecule has 0 saturated carbocycles. The van der Waals surface area contributed by atoms with Gasteiger partial charge in [0.05, 0.1) is 12.5 Å². The molecule has 0 radical (unpaired) electrons. The number of hydrogen-bond donors (Lipinski definition) is 0. The monoisotopic (exact) mass is 306 g/mol. The van der Waals surface area contributed by atoms with Crippen LogP contribution in [0.2, 0.25) is 0 Å². The van der Waals surface area contributed by atoms with Crippen LogP contribution in [0.3, 0.4) is 0 Å². The molecule has 5 nitrogen and oxygen atoms in total. The van der Waals surface area contributed by atoms with Crippen molar-refractivity contribution in [2.75, 3.05) is 12.8 Å². The summed E-state index contributed by atoms with van der Waals surface area (Å²) in [5, 5.41) is 0. The summed E-state index contributed by atoms with van der Waals surface area (Å²) in [6.07, 6.45) is 5.20. The van der Waals surface area contributed by atoms with Gasteiger partial charge in [-0.05, 0) is 18.4 Å². The van der Waals surface area contributed by atoms with E-state index in [1.807, 2.05) is 30.3 Å². The van der Waals surface area contributed by atoms with Gasteiger partial charge in [0.1, 0.15) is 11.8 Å². The van der Waals surface area contributed by atoms with Crippen LogP contribution < -0.4 is 0 Å². The zero-order chi connectivity index (χ0) is 14.9. The van der Waals surface area contributed by atoms with Crippen molar-refractivity contribution >= 4 is 10.0 Å². The largest absolute Gasteiger partial charge is 0.444 e. The number of nitrogens with zero attached hydrogens (tertiary/aromatic N) is 2. The van der Waals surface area contributed by atoms with E-state index in [2.05, 4.69) is 4.98 Å². The molecule has 0 unspecified atom stereocenters. The van der Waals surface area contributed by atoms with E-state index in [1.165, 1.54) is 10.6 Å². The number of benzene rings is 1. The first-order valence-electron chi connectivity index (χ1n) is 6.99. The lowest BCUT2D eigenvalue weighted by Crippen LogP contribution is -2.29. The maximum Gasteiger partial charge on any atom is 0.212 e. The van der Waals surface area contributed by atoms with Crippen molar-refractivity contribution in [3.05, 3.63) is 53.7 Å². The van der Waals surface area contributed by atoms with Gasteiger partial charge >= 0.3 is 0 Å². The molecule has 0 N–H and O–H groups in total. The average Bonchev–Trinajstić information content (AvgIpc) is 3.07. The van der Waals surface area contributed by atoms with Gasteiger partial charge in [-0.25, -0.2) is 13.4 Å². The molecule has 0 spiro atoms. The number of hydrogen-bond acceptors (Lipinski definition) is 4. The normalized spacial score (nSPS) is 20.0. The van der Waals surface area contributed by atoms with Gasteiger partial charge in [0.2, 0.25) is 15.9 Å². The van der Waals surface area contributed by atoms with Crippen LogP contribution >= 0.6 is 0 Å². The molecule has 1 saturated heterocycles. The van der Waals surface area contributed by atoms with Gasteiger partial charge in [-0.2, -0.15) is 4.31 Å². The Morgan fingerprint density at radius 1 is 1.33 bits per heavy atom. The molecule has 1 atom stereocenters. The topological polar surface area (TPSA) is 63.4 Å². The second-order valence-corrected chi connectivity index (χ2v) is 7.29. The van der Waals surface area contributed by atoms with Crippen LogP contribution in [0.1, 0.15) is 36.1 Å². The van der Waals surface area contributed by atoms with Gasteiger partial charge < -0.3 is 4.42 Å². The van der Waals surface area contributed by atoms with Crippen LogP contribution in [0.5, 0.6) is 0 Å². The minimum Gasteiger partial charge on any atom is -0.444 e. The van der Waals surface area contributed by atoms with Gasteiger partial charge in [-0.1, -0.05) is 30.3 Å². The van der Waals surface area contributed by atoms with Crippen molar-refractivity contribution in [2.24, 2.45) is 0 Å². The summed E-state index contributed by atoms with van der Waals surface area (Å²) >= 11 is 0. The van der Waals surface area contributed by atoms with E-state index in [-0.39, 0.29) is 6.04 Å². The van der Waals surface area contributed by atoms with Crippen molar-refractivity contribution in [1.29, 1.82) is 0 Å². The first-order valence-corrected chi connectivity index (χ1v) is 8.84. The molecule has 6 heteroatoms. The highest BCUT2D eigenvalue weighted by Crippen LogP contribution is 2.33. The molecule has 2 heterocycles. The van der Waals surface area contributed by atoms with Crippen LogP contribution in [0, 0.1) is 0 Å². The fourth-order valence-electron chi connectivity index (χ4n) is 2.74. The molecular weight excluding hydrogens is 288 g/mol. The number of rotatable bonds is 4. The van der Waals surface area contributed by atoms with Crippen molar-refractivity contribution in [2.45, 2.75) is 25.3 Å². The molecule has 21 heavy (non-hydrogen) atoms. The minimum atomic E-state index is -3.22. The van der Waals surface area contributed by atoms with E-state index < -0.39 is 10.0 Å². The average molecular weight is 306 g/mol. The first-order chi connectivity index (χ1) is 10.0. The van der Waals surface area contributed by atoms with Crippen molar-refractivity contribution in [3.63, 3.8) is 0 Å². The molecule has 1 aromatic heterocycles. The van der Waals surface area contributed by atoms with Crippen molar-refractivity contribution in [1.82, 2.24) is 9.29 Å². The number of aromatic nitrogens is 1. The quantitative estimate of drug-likeness (QED) is 0.870. The Bertz CT molecular complexity index is 710. The van der Waals surface area contributed by atoms with Crippen LogP contribution in [0.15, 0.2) is 40.9 Å². The molecule has 1 fully saturated rings. The Labute approximate surface area is 124 Å². The summed E-state index contributed by atoms with van der Waals surface area (Å²) in [6.45, 7) is 0.542. The second-order valence-electron chi connectivity index (χ2n) is 5.36. The highest BCUT2D eigenvalue weighted by atomic mass is 32.2. The second kappa shape index (κ2) is 5.61. The molecular formula is C15H18N2O3S. The smallest absolute Gasteiger partial charge is 0.212 e. The van der Waals surface area contributed by atoms with E-state index in [9.17, 15) is 8.42 Å². The number of oxazole rings is 1. The summed E-state index contributed by atoms with van der Waals surface area (Å²) < 4.78 is 30.8. The van der Waals surface area contributed by atoms with E-state index >= 15 is 0 Å². The Morgan fingerprint density at radius 3 is 2.81 bits per heavy atom. The third kappa shape index (κ3) is 3.16. The lowest BCUT2D eigenvalue weighted by Gasteiger charge is -2.19. The molecule has 1 aromatic carbocycles. The van der Waals surface area contributed by atoms with E-state index in [1.54, 1.807) is 6.20 Å². The maximum absolute atomic E-state index is 11.8. The Balaban J connectivity index is 1.79. The van der Waals surface area contributed by atoms with Crippen molar-refractivity contribution < 1.29 is 12.8 Å². The van der Waals surface area contributed by atoms with Crippen molar-refractivity contribution in [3.8, 4) is 0 Å². The SMILES string of the molecule is CS(=O)(=O)N1CCC[C@H]1c1ncc(Cc2ccccc2)o1. The Hall–Kier alpha value is -1.66. The molecule has 0 amide bonds. The molecule has 1 aliphatic rings. The standard InChI is InChI=1S/C15H18N2O3S/c1-21(18,19)17-9-5-8-14(17)15-16-11-13(20-15)10-12-6-3-2-4-7-12/h2-4,6-7,11,14H,5,8-10H2,1H3/t14-/m0/s1. The molecule has 2 aromatic rings. The van der Waals surface area contributed by atoms with Gasteiger partial charge in [-0.3, -0.25) is 0 Å². The predicted octanol–water partition coefficient (Wildman–Crippen LogP) is 2.36. The third-order valence-corrected chi connectivity index (χ3v) is 5.00. The lowest BCUT2D eigenvalue weighted by atomic mass is 10.1. The summed E-state index contributed by atoms with van der Waals surface area (Å²) in [5.41, 5.74) is 1.14. The fourth-order valence-corrected chi connectivity index (χ4v) is 3.86. The summed E-state index contributed by atoms with van der Waals surface area (Å²) in [7, 11) is -3.22. The zero-order valence-corrected chi connectivity index (χ0v) is 12.7.